The molecule has 0 radical (unpaired) electrons. The lowest BCUT2D eigenvalue weighted by Gasteiger charge is -2.41. The van der Waals surface area contributed by atoms with Gasteiger partial charge in [0.1, 0.15) is 0 Å². The van der Waals surface area contributed by atoms with Gasteiger partial charge in [0.15, 0.2) is 0 Å². The third-order valence-electron chi connectivity index (χ3n) is 4.74. The van der Waals surface area contributed by atoms with Crippen LogP contribution in [0.3, 0.4) is 0 Å². The Morgan fingerprint density at radius 2 is 2.15 bits per heavy atom. The molecule has 6 nitrogen and oxygen atoms in total. The van der Waals surface area contributed by atoms with Crippen LogP contribution in [-0.2, 0) is 17.5 Å². The van der Waals surface area contributed by atoms with Crippen molar-refractivity contribution in [1.82, 2.24) is 19.9 Å². The molecule has 26 heavy (non-hydrogen) atoms. The highest BCUT2D eigenvalue weighted by Crippen LogP contribution is 2.34. The second-order valence-electron chi connectivity index (χ2n) is 6.32. The van der Waals surface area contributed by atoms with Crippen LogP contribution in [0.15, 0.2) is 24.4 Å². The topological polar surface area (TPSA) is 60.3 Å². The van der Waals surface area contributed by atoms with Gasteiger partial charge in [-0.25, -0.2) is 4.68 Å². The monoisotopic (exact) mass is 386 g/mol. The summed E-state index contributed by atoms with van der Waals surface area (Å²) in [7, 11) is 0. The number of likely N-dealkylation sites (tertiary alicyclic amines) is 1. The largest absolute Gasteiger partial charge is 0.416 e. The summed E-state index contributed by atoms with van der Waals surface area (Å²) >= 11 is 5.99. The second kappa shape index (κ2) is 6.24. The predicted molar refractivity (Wildman–Crippen MR) is 84.6 cm³/mol. The highest BCUT2D eigenvalue weighted by Gasteiger charge is 2.39. The lowest BCUT2D eigenvalue weighted by Crippen LogP contribution is -2.50. The van der Waals surface area contributed by atoms with Crippen molar-refractivity contribution in [2.24, 2.45) is 0 Å². The molecule has 0 bridgehead atoms. The molecular weight excluding hydrogens is 373 g/mol. The van der Waals surface area contributed by atoms with Gasteiger partial charge >= 0.3 is 6.18 Å². The Bertz CT molecular complexity index is 854. The molecule has 3 heterocycles. The molecule has 1 aromatic heterocycles. The maximum atomic E-state index is 13.0. The number of carbonyl (C=O) groups is 1. The van der Waals surface area contributed by atoms with Crippen LogP contribution in [0.4, 0.5) is 13.2 Å². The number of benzene rings is 1. The molecule has 1 aromatic carbocycles. The van der Waals surface area contributed by atoms with E-state index in [0.717, 1.165) is 23.9 Å². The van der Waals surface area contributed by atoms with Crippen LogP contribution in [0.2, 0.25) is 5.02 Å². The van der Waals surface area contributed by atoms with E-state index < -0.39 is 17.6 Å². The van der Waals surface area contributed by atoms with E-state index in [4.69, 9.17) is 16.3 Å². The number of amides is 1. The molecule has 0 aliphatic carbocycles. The molecule has 0 N–H and O–H groups in total. The molecule has 1 saturated heterocycles. The van der Waals surface area contributed by atoms with Crippen molar-refractivity contribution < 1.29 is 22.7 Å². The van der Waals surface area contributed by atoms with Crippen LogP contribution in [0.25, 0.3) is 0 Å². The minimum Gasteiger partial charge on any atom is -0.370 e. The Balaban J connectivity index is 1.60. The van der Waals surface area contributed by atoms with Crippen LogP contribution in [0.1, 0.15) is 34.1 Å². The Hall–Kier alpha value is -2.13. The molecule has 2 aliphatic rings. The molecule has 1 fully saturated rings. The fourth-order valence-corrected chi connectivity index (χ4v) is 3.60. The first-order valence-corrected chi connectivity index (χ1v) is 8.39. The normalized spacial score (nSPS) is 22.7. The molecule has 2 atom stereocenters. The van der Waals surface area contributed by atoms with Gasteiger partial charge < -0.3 is 9.64 Å². The average molecular weight is 387 g/mol. The van der Waals surface area contributed by atoms with E-state index in [-0.39, 0.29) is 29.3 Å². The standard InChI is InChI=1S/C16H14ClF3N4O2/c17-12-2-1-9(16(18,19)20)5-11(12)15(25)23-4-3-14-13(7-23)24-10(8-26-14)6-21-22-24/h1-2,5-6,13-14H,3-4,7-8H2/t13-,14-/m1/s1. The maximum Gasteiger partial charge on any atom is 0.416 e. The zero-order chi connectivity index (χ0) is 18.5. The van der Waals surface area contributed by atoms with Gasteiger partial charge in [0.25, 0.3) is 5.91 Å². The first-order chi connectivity index (χ1) is 12.3. The van der Waals surface area contributed by atoms with E-state index in [1.54, 1.807) is 10.9 Å². The third kappa shape index (κ3) is 2.95. The molecule has 1 amide bonds. The summed E-state index contributed by atoms with van der Waals surface area (Å²) in [6.45, 7) is 1.05. The number of halogens is 4. The van der Waals surface area contributed by atoms with Crippen LogP contribution in [0.5, 0.6) is 0 Å². The molecule has 2 aliphatic heterocycles. The number of alkyl halides is 3. The first kappa shape index (κ1) is 17.3. The number of nitrogens with zero attached hydrogens (tertiary/aromatic N) is 4. The summed E-state index contributed by atoms with van der Waals surface area (Å²) in [4.78, 5) is 14.3. The minimum atomic E-state index is -4.54. The molecule has 0 unspecified atom stereocenters. The van der Waals surface area contributed by atoms with Gasteiger partial charge in [-0.05, 0) is 24.6 Å². The Kier molecular flexibility index (Phi) is 4.15. The molecule has 138 valence electrons. The van der Waals surface area contributed by atoms with Gasteiger partial charge in [0, 0.05) is 13.1 Å². The lowest BCUT2D eigenvalue weighted by molar-refractivity contribution is -0.137. The van der Waals surface area contributed by atoms with Gasteiger partial charge in [-0.15, -0.1) is 5.10 Å². The van der Waals surface area contributed by atoms with Crippen LogP contribution < -0.4 is 0 Å². The number of ether oxygens (including phenoxy) is 1. The van der Waals surface area contributed by atoms with E-state index in [0.29, 0.717) is 19.6 Å². The predicted octanol–water partition coefficient (Wildman–Crippen LogP) is 2.94. The van der Waals surface area contributed by atoms with Crippen molar-refractivity contribution in [1.29, 1.82) is 0 Å². The molecule has 0 saturated carbocycles. The highest BCUT2D eigenvalue weighted by molar-refractivity contribution is 6.33. The van der Waals surface area contributed by atoms with Crippen molar-refractivity contribution in [2.45, 2.75) is 31.3 Å². The number of fused-ring (bicyclic) bond motifs is 3. The number of aromatic nitrogens is 3. The van der Waals surface area contributed by atoms with Crippen molar-refractivity contribution in [3.05, 3.63) is 46.2 Å². The molecule has 10 heteroatoms. The average Bonchev–Trinajstić information content (AvgIpc) is 3.09. The number of rotatable bonds is 1. The lowest BCUT2D eigenvalue weighted by atomic mass is 9.99. The number of hydrogen-bond acceptors (Lipinski definition) is 4. The van der Waals surface area contributed by atoms with Gasteiger partial charge in [-0.1, -0.05) is 16.8 Å². The van der Waals surface area contributed by atoms with Crippen molar-refractivity contribution in [3.63, 3.8) is 0 Å². The van der Waals surface area contributed by atoms with E-state index in [1.807, 2.05) is 0 Å². The summed E-state index contributed by atoms with van der Waals surface area (Å²) < 4.78 is 46.4. The zero-order valence-electron chi connectivity index (χ0n) is 13.4. The summed E-state index contributed by atoms with van der Waals surface area (Å²) in [6.07, 6.45) is -2.49. The Morgan fingerprint density at radius 1 is 1.35 bits per heavy atom. The van der Waals surface area contributed by atoms with E-state index >= 15 is 0 Å². The summed E-state index contributed by atoms with van der Waals surface area (Å²) in [5.41, 5.74) is -0.257. The van der Waals surface area contributed by atoms with Crippen molar-refractivity contribution in [2.75, 3.05) is 13.1 Å². The summed E-state index contributed by atoms with van der Waals surface area (Å²) in [6, 6.07) is 2.55. The third-order valence-corrected chi connectivity index (χ3v) is 5.07. The summed E-state index contributed by atoms with van der Waals surface area (Å²) in [5.74, 6) is -0.535. The van der Waals surface area contributed by atoms with Crippen LogP contribution in [0, 0.1) is 0 Å². The maximum absolute atomic E-state index is 13.0. The number of hydrogen-bond donors (Lipinski definition) is 0. The quantitative estimate of drug-likeness (QED) is 0.756. The van der Waals surface area contributed by atoms with Gasteiger partial charge in [-0.2, -0.15) is 13.2 Å². The smallest absolute Gasteiger partial charge is 0.370 e. The Labute approximate surface area is 151 Å². The van der Waals surface area contributed by atoms with Gasteiger partial charge in [0.05, 0.1) is 46.8 Å². The van der Waals surface area contributed by atoms with E-state index in [9.17, 15) is 18.0 Å². The fraction of sp³-hybridized carbons (Fsp3) is 0.438. The number of carbonyl (C=O) groups excluding carboxylic acids is 1. The van der Waals surface area contributed by atoms with Crippen molar-refractivity contribution >= 4 is 17.5 Å². The van der Waals surface area contributed by atoms with Gasteiger partial charge in [-0.3, -0.25) is 4.79 Å². The number of piperidine rings is 1. The van der Waals surface area contributed by atoms with Crippen LogP contribution in [-0.4, -0.2) is 45.0 Å². The minimum absolute atomic E-state index is 0.00791. The Morgan fingerprint density at radius 3 is 2.92 bits per heavy atom. The van der Waals surface area contributed by atoms with Crippen LogP contribution >= 0.6 is 11.6 Å². The van der Waals surface area contributed by atoms with E-state index in [2.05, 4.69) is 10.3 Å². The molecule has 4 rings (SSSR count). The SMILES string of the molecule is O=C(c1cc(C(F)(F)F)ccc1Cl)N1CC[C@H]2OCc3cnnn3[C@@H]2C1. The first-order valence-electron chi connectivity index (χ1n) is 8.01. The second-order valence-corrected chi connectivity index (χ2v) is 6.73. The highest BCUT2D eigenvalue weighted by atomic mass is 35.5. The molecule has 0 spiro atoms. The van der Waals surface area contributed by atoms with Gasteiger partial charge in [0.2, 0.25) is 0 Å². The van der Waals surface area contributed by atoms with E-state index in [1.165, 1.54) is 4.90 Å². The fourth-order valence-electron chi connectivity index (χ4n) is 3.40. The molecular formula is C16H14ClF3N4O2. The molecule has 2 aromatic rings. The summed E-state index contributed by atoms with van der Waals surface area (Å²) in [5, 5.41) is 7.90. The van der Waals surface area contributed by atoms with Crippen molar-refractivity contribution in [3.8, 4) is 0 Å². The zero-order valence-corrected chi connectivity index (χ0v) is 14.2.